The van der Waals surface area contributed by atoms with Crippen LogP contribution in [0.15, 0.2) is 18.2 Å². The van der Waals surface area contributed by atoms with Gasteiger partial charge in [0.1, 0.15) is 5.82 Å². The van der Waals surface area contributed by atoms with E-state index in [4.69, 9.17) is 5.73 Å². The molecule has 5 fully saturated rings. The van der Waals surface area contributed by atoms with Gasteiger partial charge in [0.15, 0.2) is 0 Å². The van der Waals surface area contributed by atoms with Gasteiger partial charge in [-0.2, -0.15) is 0 Å². The van der Waals surface area contributed by atoms with E-state index in [0.717, 1.165) is 37.4 Å². The van der Waals surface area contributed by atoms with Crippen molar-refractivity contribution in [3.05, 3.63) is 24.0 Å². The van der Waals surface area contributed by atoms with Gasteiger partial charge >= 0.3 is 6.03 Å². The molecular formula is C23H33FN4O. The Kier molecular flexibility index (Phi) is 4.72. The number of likely N-dealkylation sites (tertiary alicyclic amines) is 1. The van der Waals surface area contributed by atoms with Crippen LogP contribution < -0.4 is 11.1 Å². The van der Waals surface area contributed by atoms with Gasteiger partial charge in [-0.3, -0.25) is 0 Å². The summed E-state index contributed by atoms with van der Waals surface area (Å²) in [6, 6.07) is 3.85. The van der Waals surface area contributed by atoms with E-state index in [1.807, 2.05) is 0 Å². The maximum absolute atomic E-state index is 13.4. The Hall–Kier alpha value is -1.82. The third-order valence-corrected chi connectivity index (χ3v) is 7.84. The first-order valence-corrected chi connectivity index (χ1v) is 11.2. The van der Waals surface area contributed by atoms with Crippen LogP contribution in [-0.4, -0.2) is 49.1 Å². The molecule has 1 saturated heterocycles. The number of urea groups is 1. The summed E-state index contributed by atoms with van der Waals surface area (Å²) < 4.78 is 13.4. The molecule has 0 unspecified atom stereocenters. The van der Waals surface area contributed by atoms with Crippen LogP contribution in [0, 0.1) is 34.9 Å². The molecule has 6 heteroatoms. The van der Waals surface area contributed by atoms with Gasteiger partial charge in [-0.05, 0) is 86.9 Å². The van der Waals surface area contributed by atoms with Crippen molar-refractivity contribution in [1.29, 1.82) is 0 Å². The molecule has 1 aliphatic heterocycles. The lowest BCUT2D eigenvalue weighted by atomic mass is 9.49. The highest BCUT2D eigenvalue weighted by Crippen LogP contribution is 2.60. The fourth-order valence-electron chi connectivity index (χ4n) is 7.24. The minimum Gasteiger partial charge on any atom is -0.397 e. The maximum atomic E-state index is 13.4. The van der Waals surface area contributed by atoms with Crippen molar-refractivity contribution >= 4 is 17.4 Å². The Labute approximate surface area is 172 Å². The van der Waals surface area contributed by atoms with Crippen LogP contribution in [0.1, 0.15) is 38.5 Å². The van der Waals surface area contributed by atoms with Crippen molar-refractivity contribution in [3.8, 4) is 0 Å². The number of nitrogens with two attached hydrogens (primary N) is 1. The van der Waals surface area contributed by atoms with Gasteiger partial charge < -0.3 is 20.9 Å². The zero-order valence-electron chi connectivity index (χ0n) is 17.4. The number of rotatable bonds is 5. The summed E-state index contributed by atoms with van der Waals surface area (Å²) in [5.41, 5.74) is 7.12. The Balaban J connectivity index is 1.09. The van der Waals surface area contributed by atoms with E-state index >= 15 is 0 Å². The van der Waals surface area contributed by atoms with Crippen LogP contribution in [0.5, 0.6) is 0 Å². The summed E-state index contributed by atoms with van der Waals surface area (Å²) in [6.45, 7) is 3.78. The predicted molar refractivity (Wildman–Crippen MR) is 113 cm³/mol. The molecule has 2 amide bonds. The number of halogens is 1. The fraction of sp³-hybridized carbons (Fsp3) is 0.696. The summed E-state index contributed by atoms with van der Waals surface area (Å²) in [7, 11) is 2.26. The van der Waals surface area contributed by atoms with E-state index in [2.05, 4.69) is 17.3 Å². The van der Waals surface area contributed by atoms with Gasteiger partial charge in [-0.15, -0.1) is 0 Å². The number of benzene rings is 1. The largest absolute Gasteiger partial charge is 0.397 e. The molecule has 1 heterocycles. The number of nitrogens with zero attached hydrogens (tertiary/aromatic N) is 2. The molecule has 0 radical (unpaired) electrons. The van der Waals surface area contributed by atoms with Crippen molar-refractivity contribution in [2.75, 3.05) is 44.3 Å². The number of hydrogen-bond donors (Lipinski definition) is 2. The van der Waals surface area contributed by atoms with Crippen LogP contribution in [0.2, 0.25) is 0 Å². The molecule has 5 nitrogen and oxygen atoms in total. The number of nitrogen functional groups attached to an aromatic ring is 1. The van der Waals surface area contributed by atoms with Gasteiger partial charge in [0, 0.05) is 32.1 Å². The van der Waals surface area contributed by atoms with Crippen molar-refractivity contribution in [2.45, 2.75) is 38.5 Å². The van der Waals surface area contributed by atoms with Crippen LogP contribution >= 0.6 is 0 Å². The molecule has 0 aromatic heterocycles. The number of amides is 2. The Morgan fingerprint density at radius 3 is 2.45 bits per heavy atom. The van der Waals surface area contributed by atoms with Gasteiger partial charge in [-0.1, -0.05) is 0 Å². The summed E-state index contributed by atoms with van der Waals surface area (Å²) in [5, 5.41) is 2.74. The van der Waals surface area contributed by atoms with Crippen molar-refractivity contribution in [2.24, 2.45) is 29.1 Å². The summed E-state index contributed by atoms with van der Waals surface area (Å²) in [4.78, 5) is 16.7. The molecule has 0 spiro atoms. The lowest BCUT2D eigenvalue weighted by Crippen LogP contribution is -2.56. The lowest BCUT2D eigenvalue weighted by Gasteiger charge is -2.58. The Morgan fingerprint density at radius 2 is 1.83 bits per heavy atom. The molecule has 158 valence electrons. The highest BCUT2D eigenvalue weighted by Gasteiger charge is 2.51. The first-order chi connectivity index (χ1) is 13.9. The monoisotopic (exact) mass is 400 g/mol. The Morgan fingerprint density at radius 1 is 1.21 bits per heavy atom. The van der Waals surface area contributed by atoms with E-state index in [-0.39, 0.29) is 6.03 Å². The molecule has 29 heavy (non-hydrogen) atoms. The van der Waals surface area contributed by atoms with Gasteiger partial charge in [0.2, 0.25) is 0 Å². The van der Waals surface area contributed by atoms with E-state index in [9.17, 15) is 9.18 Å². The average molecular weight is 401 g/mol. The number of anilines is 2. The number of nitrogens with one attached hydrogen (secondary N) is 1. The molecule has 1 aromatic rings. The predicted octanol–water partition coefficient (Wildman–Crippen LogP) is 4.02. The van der Waals surface area contributed by atoms with E-state index in [0.29, 0.717) is 22.7 Å². The summed E-state index contributed by atoms with van der Waals surface area (Å²) >= 11 is 0. The molecule has 4 saturated carbocycles. The van der Waals surface area contributed by atoms with Crippen LogP contribution in [0.25, 0.3) is 0 Å². The van der Waals surface area contributed by atoms with Crippen LogP contribution in [0.4, 0.5) is 20.6 Å². The first kappa shape index (κ1) is 19.2. The topological polar surface area (TPSA) is 61.6 Å². The van der Waals surface area contributed by atoms with Crippen LogP contribution in [0.3, 0.4) is 0 Å². The van der Waals surface area contributed by atoms with Gasteiger partial charge in [0.25, 0.3) is 0 Å². The lowest BCUT2D eigenvalue weighted by molar-refractivity contribution is -0.0692. The molecule has 4 aliphatic carbocycles. The van der Waals surface area contributed by atoms with Crippen molar-refractivity contribution < 1.29 is 9.18 Å². The summed E-state index contributed by atoms with van der Waals surface area (Å²) in [5.74, 6) is 3.10. The maximum Gasteiger partial charge on any atom is 0.321 e. The fourth-order valence-corrected chi connectivity index (χ4v) is 7.24. The standard InChI is InChI=1S/C23H33FN4O/c1-27(14-23-8-15-4-16(9-23)6-17(5-15)10-23)11-18-12-28(13-18)22(29)26-21-7-19(24)2-3-20(21)25/h2-3,7,15-18H,4-6,8-14,25H2,1H3,(H,26,29). The highest BCUT2D eigenvalue weighted by molar-refractivity contribution is 5.93. The van der Waals surface area contributed by atoms with E-state index < -0.39 is 5.82 Å². The second kappa shape index (κ2) is 7.15. The molecule has 1 aromatic carbocycles. The highest BCUT2D eigenvalue weighted by atomic mass is 19.1. The zero-order chi connectivity index (χ0) is 20.2. The first-order valence-electron chi connectivity index (χ1n) is 11.2. The van der Waals surface area contributed by atoms with E-state index in [1.54, 1.807) is 4.90 Å². The quantitative estimate of drug-likeness (QED) is 0.734. The molecule has 4 bridgehead atoms. The minimum atomic E-state index is -0.401. The second-order valence-corrected chi connectivity index (χ2v) is 10.5. The van der Waals surface area contributed by atoms with E-state index in [1.165, 1.54) is 63.3 Å². The number of hydrogen-bond acceptors (Lipinski definition) is 3. The third-order valence-electron chi connectivity index (χ3n) is 7.84. The minimum absolute atomic E-state index is 0.192. The molecule has 0 atom stereocenters. The molecular weight excluding hydrogens is 367 g/mol. The van der Waals surface area contributed by atoms with Crippen molar-refractivity contribution in [3.63, 3.8) is 0 Å². The average Bonchev–Trinajstić information content (AvgIpc) is 2.59. The zero-order valence-corrected chi connectivity index (χ0v) is 17.4. The molecule has 6 rings (SSSR count). The van der Waals surface area contributed by atoms with Crippen molar-refractivity contribution in [1.82, 2.24) is 9.80 Å². The number of carbonyl (C=O) groups is 1. The normalized spacial score (nSPS) is 33.2. The summed E-state index contributed by atoms with van der Waals surface area (Å²) in [6.07, 6.45) is 8.80. The molecule has 5 aliphatic rings. The van der Waals surface area contributed by atoms with Crippen LogP contribution in [-0.2, 0) is 0 Å². The van der Waals surface area contributed by atoms with Gasteiger partial charge in [-0.25, -0.2) is 9.18 Å². The number of carbonyl (C=O) groups excluding carboxylic acids is 1. The second-order valence-electron chi connectivity index (χ2n) is 10.5. The smallest absolute Gasteiger partial charge is 0.321 e. The third kappa shape index (κ3) is 3.83. The Bertz CT molecular complexity index is 756. The SMILES string of the molecule is CN(CC1CN(C(=O)Nc2cc(F)ccc2N)C1)CC12CC3CC(CC(C3)C1)C2. The molecule has 3 N–H and O–H groups in total. The van der Waals surface area contributed by atoms with Gasteiger partial charge in [0.05, 0.1) is 11.4 Å².